The summed E-state index contributed by atoms with van der Waals surface area (Å²) in [4.78, 5) is 53.9. The molecule has 1 aromatic carbocycles. The van der Waals surface area contributed by atoms with Crippen LogP contribution in [0.25, 0.3) is 0 Å². The number of benzene rings is 1. The van der Waals surface area contributed by atoms with Crippen molar-refractivity contribution in [3.8, 4) is 0 Å². The van der Waals surface area contributed by atoms with Crippen LogP contribution in [-0.4, -0.2) is 45.3 Å². The number of imide groups is 1. The molecular weight excluding hydrogens is 348 g/mol. The lowest BCUT2D eigenvalue weighted by Gasteiger charge is -2.14. The summed E-state index contributed by atoms with van der Waals surface area (Å²) in [6.45, 7) is 0.122. The zero-order chi connectivity index (χ0) is 19.0. The van der Waals surface area contributed by atoms with Gasteiger partial charge in [0.15, 0.2) is 0 Å². The Bertz CT molecular complexity index is 958. The van der Waals surface area contributed by atoms with Gasteiger partial charge in [-0.2, -0.15) is 0 Å². The zero-order valence-corrected chi connectivity index (χ0v) is 14.6. The molecule has 4 rings (SSSR count). The fraction of sp³-hybridized carbons (Fsp3) is 0.316. The van der Waals surface area contributed by atoms with Crippen LogP contribution in [0.15, 0.2) is 41.5 Å². The first-order valence-electron chi connectivity index (χ1n) is 8.83. The Morgan fingerprint density at radius 2 is 1.78 bits per heavy atom. The Morgan fingerprint density at radius 1 is 1.11 bits per heavy atom. The summed E-state index contributed by atoms with van der Waals surface area (Å²) in [5.41, 5.74) is 1.29. The number of carbonyl (C=O) groups is 3. The minimum atomic E-state index is -0.471. The van der Waals surface area contributed by atoms with E-state index in [1.807, 2.05) is 0 Å². The lowest BCUT2D eigenvalue weighted by Crippen LogP contribution is -2.41. The molecule has 8 heteroatoms. The SMILES string of the molecule is O=C(CN1C(=O)c2ccccc2C1=O)NCCn1cnc(C2CC2)cc1=O. The molecule has 27 heavy (non-hydrogen) atoms. The average Bonchev–Trinajstić information content (AvgIpc) is 3.48. The van der Waals surface area contributed by atoms with Crippen LogP contribution in [0.3, 0.4) is 0 Å². The van der Waals surface area contributed by atoms with Crippen LogP contribution in [-0.2, 0) is 11.3 Å². The molecule has 0 radical (unpaired) electrons. The van der Waals surface area contributed by atoms with E-state index < -0.39 is 17.7 Å². The molecule has 0 bridgehead atoms. The van der Waals surface area contributed by atoms with Gasteiger partial charge in [-0.3, -0.25) is 28.6 Å². The molecular formula is C19H18N4O4. The van der Waals surface area contributed by atoms with Gasteiger partial charge >= 0.3 is 0 Å². The molecule has 138 valence electrons. The van der Waals surface area contributed by atoms with Gasteiger partial charge in [0, 0.05) is 25.1 Å². The van der Waals surface area contributed by atoms with Crippen LogP contribution in [0.2, 0.25) is 0 Å². The van der Waals surface area contributed by atoms with Gasteiger partial charge in [-0.1, -0.05) is 12.1 Å². The molecule has 0 unspecified atom stereocenters. The molecule has 0 spiro atoms. The molecule has 2 aromatic rings. The Kier molecular flexibility index (Phi) is 4.31. The van der Waals surface area contributed by atoms with Gasteiger partial charge in [0.05, 0.1) is 23.1 Å². The molecule has 1 aromatic heterocycles. The topological polar surface area (TPSA) is 101 Å². The molecule has 0 atom stereocenters. The quantitative estimate of drug-likeness (QED) is 0.752. The normalized spacial score (nSPS) is 15.8. The van der Waals surface area contributed by atoms with Gasteiger partial charge in [0.25, 0.3) is 17.4 Å². The van der Waals surface area contributed by atoms with Gasteiger partial charge in [-0.05, 0) is 25.0 Å². The first-order chi connectivity index (χ1) is 13.0. The van der Waals surface area contributed by atoms with E-state index in [1.165, 1.54) is 17.0 Å². The molecule has 8 nitrogen and oxygen atoms in total. The number of nitrogens with one attached hydrogen (secondary N) is 1. The van der Waals surface area contributed by atoms with Crippen LogP contribution in [0.4, 0.5) is 0 Å². The van der Waals surface area contributed by atoms with E-state index in [2.05, 4.69) is 10.3 Å². The van der Waals surface area contributed by atoms with Crippen LogP contribution < -0.4 is 10.9 Å². The van der Waals surface area contributed by atoms with Crippen molar-refractivity contribution in [1.29, 1.82) is 0 Å². The highest BCUT2D eigenvalue weighted by molar-refractivity contribution is 6.22. The second-order valence-corrected chi connectivity index (χ2v) is 6.71. The van der Waals surface area contributed by atoms with Gasteiger partial charge < -0.3 is 5.32 Å². The number of rotatable bonds is 6. The van der Waals surface area contributed by atoms with E-state index >= 15 is 0 Å². The monoisotopic (exact) mass is 366 g/mol. The Hall–Kier alpha value is -3.29. The maximum absolute atomic E-state index is 12.2. The molecule has 0 saturated heterocycles. The van der Waals surface area contributed by atoms with Gasteiger partial charge in [-0.15, -0.1) is 0 Å². The number of aromatic nitrogens is 2. The van der Waals surface area contributed by atoms with E-state index in [0.29, 0.717) is 17.0 Å². The number of nitrogens with zero attached hydrogens (tertiary/aromatic N) is 3. The predicted molar refractivity (Wildman–Crippen MR) is 95.3 cm³/mol. The average molecular weight is 366 g/mol. The smallest absolute Gasteiger partial charge is 0.262 e. The van der Waals surface area contributed by atoms with E-state index in [-0.39, 0.29) is 25.2 Å². The first kappa shape index (κ1) is 17.1. The van der Waals surface area contributed by atoms with Crippen molar-refractivity contribution in [2.75, 3.05) is 13.1 Å². The summed E-state index contributed by atoms with van der Waals surface area (Å²) < 4.78 is 1.42. The van der Waals surface area contributed by atoms with Crippen molar-refractivity contribution >= 4 is 17.7 Å². The summed E-state index contributed by atoms with van der Waals surface area (Å²) in [5.74, 6) is -0.990. The predicted octanol–water partition coefficient (Wildman–Crippen LogP) is 0.533. The number of hydrogen-bond acceptors (Lipinski definition) is 5. The number of fused-ring (bicyclic) bond motifs is 1. The largest absolute Gasteiger partial charge is 0.353 e. The number of carbonyl (C=O) groups excluding carboxylic acids is 3. The van der Waals surface area contributed by atoms with Gasteiger partial charge in [-0.25, -0.2) is 4.98 Å². The number of amides is 3. The molecule has 1 aliphatic carbocycles. The fourth-order valence-corrected chi connectivity index (χ4v) is 3.11. The first-order valence-corrected chi connectivity index (χ1v) is 8.83. The van der Waals surface area contributed by atoms with Crippen molar-refractivity contribution in [3.63, 3.8) is 0 Å². The van der Waals surface area contributed by atoms with Crippen molar-refractivity contribution in [3.05, 3.63) is 63.8 Å². The summed E-state index contributed by atoms with van der Waals surface area (Å²) in [7, 11) is 0. The zero-order valence-electron chi connectivity index (χ0n) is 14.6. The van der Waals surface area contributed by atoms with Crippen molar-refractivity contribution in [1.82, 2.24) is 19.8 Å². The lowest BCUT2D eigenvalue weighted by atomic mass is 10.1. The molecule has 1 N–H and O–H groups in total. The van der Waals surface area contributed by atoms with E-state index in [1.54, 1.807) is 24.3 Å². The third-order valence-electron chi connectivity index (χ3n) is 4.75. The minimum absolute atomic E-state index is 0.151. The van der Waals surface area contributed by atoms with E-state index in [0.717, 1.165) is 23.4 Å². The van der Waals surface area contributed by atoms with Gasteiger partial charge in [0.2, 0.25) is 5.91 Å². The third-order valence-corrected chi connectivity index (χ3v) is 4.75. The summed E-state index contributed by atoms with van der Waals surface area (Å²) >= 11 is 0. The summed E-state index contributed by atoms with van der Waals surface area (Å²) in [5, 5.41) is 2.63. The standard InChI is InChI=1S/C19H18N4O4/c24-16(10-23-18(26)13-3-1-2-4-14(13)19(23)27)20-7-8-22-11-21-15(9-17(22)25)12-5-6-12/h1-4,9,11-12H,5-8,10H2,(H,20,24). The van der Waals surface area contributed by atoms with Gasteiger partial charge in [0.1, 0.15) is 6.54 Å². The van der Waals surface area contributed by atoms with E-state index in [4.69, 9.17) is 0 Å². The highest BCUT2D eigenvalue weighted by Crippen LogP contribution is 2.38. The number of hydrogen-bond donors (Lipinski definition) is 1. The van der Waals surface area contributed by atoms with Crippen molar-refractivity contribution in [2.24, 2.45) is 0 Å². The maximum Gasteiger partial charge on any atom is 0.262 e. The fourth-order valence-electron chi connectivity index (χ4n) is 3.11. The van der Waals surface area contributed by atoms with Crippen LogP contribution in [0.1, 0.15) is 45.2 Å². The molecule has 2 heterocycles. The van der Waals surface area contributed by atoms with E-state index in [9.17, 15) is 19.2 Å². The molecule has 1 saturated carbocycles. The van der Waals surface area contributed by atoms with Crippen molar-refractivity contribution in [2.45, 2.75) is 25.3 Å². The Morgan fingerprint density at radius 3 is 2.37 bits per heavy atom. The third kappa shape index (κ3) is 3.38. The Balaban J connectivity index is 1.31. The van der Waals surface area contributed by atoms with Crippen LogP contribution in [0.5, 0.6) is 0 Å². The maximum atomic E-state index is 12.2. The van der Waals surface area contributed by atoms with Crippen molar-refractivity contribution < 1.29 is 14.4 Å². The molecule has 1 fully saturated rings. The Labute approximate surface area is 154 Å². The highest BCUT2D eigenvalue weighted by Gasteiger charge is 2.36. The summed E-state index contributed by atoms with van der Waals surface area (Å²) in [6.07, 6.45) is 3.64. The second kappa shape index (κ2) is 6.79. The van der Waals surface area contributed by atoms with Crippen LogP contribution in [0, 0.1) is 0 Å². The van der Waals surface area contributed by atoms with Crippen LogP contribution >= 0.6 is 0 Å². The summed E-state index contributed by atoms with van der Waals surface area (Å²) in [6, 6.07) is 8.02. The second-order valence-electron chi connectivity index (χ2n) is 6.71. The lowest BCUT2D eigenvalue weighted by molar-refractivity contribution is -0.121. The minimum Gasteiger partial charge on any atom is -0.353 e. The highest BCUT2D eigenvalue weighted by atomic mass is 16.2. The molecule has 1 aliphatic heterocycles. The molecule has 3 amide bonds. The molecule has 2 aliphatic rings.